The van der Waals surface area contributed by atoms with Crippen molar-refractivity contribution in [2.45, 2.75) is 57.7 Å². The molecule has 0 aromatic heterocycles. The molecule has 0 spiro atoms. The van der Waals surface area contributed by atoms with Crippen LogP contribution in [0.2, 0.25) is 0 Å². The fraction of sp³-hybridized carbons (Fsp3) is 0.600. The molecule has 2 N–H and O–H groups in total. The number of halogens is 3. The smallest absolute Gasteiger partial charge is 0.316 e. The van der Waals surface area contributed by atoms with Gasteiger partial charge in [0.2, 0.25) is 0 Å². The van der Waals surface area contributed by atoms with Crippen LogP contribution in [0, 0.1) is 0 Å². The Kier molecular flexibility index (Phi) is 6.35. The summed E-state index contributed by atoms with van der Waals surface area (Å²) in [6.07, 6.45) is 2.51. The topological polar surface area (TPSA) is 26.0 Å². The van der Waals surface area contributed by atoms with Crippen molar-refractivity contribution >= 4 is 0 Å². The van der Waals surface area contributed by atoms with Crippen LogP contribution in [0.15, 0.2) is 24.3 Å². The van der Waals surface area contributed by atoms with Crippen molar-refractivity contribution in [3.63, 3.8) is 0 Å². The Labute approximate surface area is 113 Å². The van der Waals surface area contributed by atoms with Gasteiger partial charge in [-0.05, 0) is 24.0 Å². The van der Waals surface area contributed by atoms with Gasteiger partial charge in [0, 0.05) is 0 Å². The second kappa shape index (κ2) is 7.53. The van der Waals surface area contributed by atoms with E-state index < -0.39 is 12.2 Å². The summed E-state index contributed by atoms with van der Waals surface area (Å²) in [5.74, 6) is 0. The summed E-state index contributed by atoms with van der Waals surface area (Å²) < 4.78 is 37.3. The Hall–Kier alpha value is -1.03. The van der Waals surface area contributed by atoms with Crippen LogP contribution < -0.4 is 5.73 Å². The van der Waals surface area contributed by atoms with Gasteiger partial charge in [-0.25, -0.2) is 0 Å². The Morgan fingerprint density at radius 3 is 2.11 bits per heavy atom. The molecule has 0 saturated carbocycles. The summed E-state index contributed by atoms with van der Waals surface area (Å²) in [7, 11) is 0. The average molecular weight is 273 g/mol. The Balaban J connectivity index is 2.44. The van der Waals surface area contributed by atoms with E-state index in [9.17, 15) is 13.2 Å². The Bertz CT molecular complexity index is 357. The van der Waals surface area contributed by atoms with Crippen LogP contribution in [-0.4, -0.2) is 6.18 Å². The zero-order valence-electron chi connectivity index (χ0n) is 11.3. The van der Waals surface area contributed by atoms with Crippen LogP contribution in [0.1, 0.15) is 56.2 Å². The lowest BCUT2D eigenvalue weighted by molar-refractivity contribution is -0.149. The summed E-state index contributed by atoms with van der Waals surface area (Å²) in [5, 5.41) is 0. The molecule has 0 fully saturated rings. The van der Waals surface area contributed by atoms with Crippen LogP contribution in [-0.2, 0) is 6.42 Å². The quantitative estimate of drug-likeness (QED) is 0.712. The van der Waals surface area contributed by atoms with E-state index in [4.69, 9.17) is 5.73 Å². The van der Waals surface area contributed by atoms with E-state index in [2.05, 4.69) is 6.92 Å². The molecule has 0 amide bonds. The van der Waals surface area contributed by atoms with Crippen molar-refractivity contribution in [3.8, 4) is 0 Å². The third-order valence-electron chi connectivity index (χ3n) is 3.26. The molecule has 19 heavy (non-hydrogen) atoms. The minimum absolute atomic E-state index is 0.127. The summed E-state index contributed by atoms with van der Waals surface area (Å²) in [6.45, 7) is 2.17. The Morgan fingerprint density at radius 2 is 1.58 bits per heavy atom. The van der Waals surface area contributed by atoms with E-state index in [1.165, 1.54) is 37.8 Å². The number of benzene rings is 1. The van der Waals surface area contributed by atoms with Gasteiger partial charge in [-0.3, -0.25) is 0 Å². The number of rotatable bonds is 7. The summed E-state index contributed by atoms with van der Waals surface area (Å²) in [6, 6.07) is 4.59. The van der Waals surface area contributed by atoms with Gasteiger partial charge in [-0.2, -0.15) is 13.2 Å². The first kappa shape index (κ1) is 16.0. The van der Waals surface area contributed by atoms with E-state index in [1.807, 2.05) is 0 Å². The molecule has 0 saturated heterocycles. The Morgan fingerprint density at radius 1 is 1.00 bits per heavy atom. The molecule has 1 atom stereocenters. The van der Waals surface area contributed by atoms with Crippen molar-refractivity contribution in [1.29, 1.82) is 0 Å². The molecule has 0 bridgehead atoms. The second-order valence-electron chi connectivity index (χ2n) is 4.93. The van der Waals surface area contributed by atoms with Gasteiger partial charge in [0.05, 0.1) is 0 Å². The molecular formula is C15H22F3N. The molecule has 0 aliphatic heterocycles. The van der Waals surface area contributed by atoms with E-state index in [0.29, 0.717) is 0 Å². The van der Waals surface area contributed by atoms with E-state index in [0.717, 1.165) is 18.4 Å². The molecule has 108 valence electrons. The minimum atomic E-state index is -4.37. The molecule has 0 heterocycles. The highest BCUT2D eigenvalue weighted by Gasteiger charge is 2.37. The first-order chi connectivity index (χ1) is 8.95. The standard InChI is InChI=1S/C15H22F3N/c1-2-3-4-5-6-7-12-8-10-13(11-9-12)14(19)15(16,17)18/h8-11,14H,2-7,19H2,1H3/t14-/m0/s1. The lowest BCUT2D eigenvalue weighted by Gasteiger charge is -2.16. The average Bonchev–Trinajstić information content (AvgIpc) is 2.37. The maximum atomic E-state index is 12.4. The minimum Gasteiger partial charge on any atom is -0.316 e. The third kappa shape index (κ3) is 5.64. The number of alkyl halides is 3. The lowest BCUT2D eigenvalue weighted by Crippen LogP contribution is -2.28. The van der Waals surface area contributed by atoms with Gasteiger partial charge in [-0.1, -0.05) is 56.9 Å². The number of aryl methyl sites for hydroxylation is 1. The van der Waals surface area contributed by atoms with Gasteiger partial charge in [0.15, 0.2) is 0 Å². The highest BCUT2D eigenvalue weighted by Crippen LogP contribution is 2.30. The fourth-order valence-corrected chi connectivity index (χ4v) is 2.01. The maximum absolute atomic E-state index is 12.4. The molecule has 0 aliphatic carbocycles. The van der Waals surface area contributed by atoms with Gasteiger partial charge >= 0.3 is 6.18 Å². The molecule has 1 nitrogen and oxygen atoms in total. The zero-order chi connectivity index (χ0) is 14.3. The molecule has 4 heteroatoms. The fourth-order valence-electron chi connectivity index (χ4n) is 2.01. The number of hydrogen-bond acceptors (Lipinski definition) is 1. The highest BCUT2D eigenvalue weighted by atomic mass is 19.4. The van der Waals surface area contributed by atoms with Gasteiger partial charge in [0.25, 0.3) is 0 Å². The van der Waals surface area contributed by atoms with E-state index in [1.54, 1.807) is 12.1 Å². The van der Waals surface area contributed by atoms with Gasteiger partial charge < -0.3 is 5.73 Å². The van der Waals surface area contributed by atoms with E-state index >= 15 is 0 Å². The van der Waals surface area contributed by atoms with Crippen LogP contribution in [0.3, 0.4) is 0 Å². The zero-order valence-corrected chi connectivity index (χ0v) is 11.3. The number of unbranched alkanes of at least 4 members (excludes halogenated alkanes) is 4. The molecule has 0 radical (unpaired) electrons. The number of nitrogens with two attached hydrogens (primary N) is 1. The van der Waals surface area contributed by atoms with Crippen molar-refractivity contribution in [2.24, 2.45) is 5.73 Å². The van der Waals surface area contributed by atoms with Crippen LogP contribution in [0.5, 0.6) is 0 Å². The normalized spacial score (nSPS) is 13.5. The van der Waals surface area contributed by atoms with Crippen molar-refractivity contribution in [2.75, 3.05) is 0 Å². The summed E-state index contributed by atoms with van der Waals surface area (Å²) >= 11 is 0. The predicted octanol–water partition coefficient (Wildman–Crippen LogP) is 4.76. The third-order valence-corrected chi connectivity index (χ3v) is 3.26. The van der Waals surface area contributed by atoms with Crippen LogP contribution in [0.25, 0.3) is 0 Å². The lowest BCUT2D eigenvalue weighted by atomic mass is 10.0. The first-order valence-corrected chi connectivity index (χ1v) is 6.86. The SMILES string of the molecule is CCCCCCCc1ccc([C@H](N)C(F)(F)F)cc1. The highest BCUT2D eigenvalue weighted by molar-refractivity contribution is 5.25. The largest absolute Gasteiger partial charge is 0.407 e. The summed E-state index contributed by atoms with van der Waals surface area (Å²) in [5.41, 5.74) is 6.36. The monoisotopic (exact) mass is 273 g/mol. The van der Waals surface area contributed by atoms with Crippen molar-refractivity contribution in [3.05, 3.63) is 35.4 Å². The maximum Gasteiger partial charge on any atom is 0.407 e. The molecule has 1 rings (SSSR count). The van der Waals surface area contributed by atoms with Gasteiger partial charge in [-0.15, -0.1) is 0 Å². The summed E-state index contributed by atoms with van der Waals surface area (Å²) in [4.78, 5) is 0. The molecule has 0 aliphatic rings. The molecule has 0 unspecified atom stereocenters. The molecular weight excluding hydrogens is 251 g/mol. The first-order valence-electron chi connectivity index (χ1n) is 6.86. The van der Waals surface area contributed by atoms with E-state index in [-0.39, 0.29) is 5.56 Å². The number of hydrogen-bond donors (Lipinski definition) is 1. The van der Waals surface area contributed by atoms with Gasteiger partial charge in [0.1, 0.15) is 6.04 Å². The predicted molar refractivity (Wildman–Crippen MR) is 71.9 cm³/mol. The van der Waals surface area contributed by atoms with Crippen molar-refractivity contribution in [1.82, 2.24) is 0 Å². The molecule has 1 aromatic rings. The van der Waals surface area contributed by atoms with Crippen molar-refractivity contribution < 1.29 is 13.2 Å². The molecule has 1 aromatic carbocycles. The van der Waals surface area contributed by atoms with Crippen LogP contribution >= 0.6 is 0 Å². The second-order valence-corrected chi connectivity index (χ2v) is 4.93. The van der Waals surface area contributed by atoms with Crippen LogP contribution in [0.4, 0.5) is 13.2 Å².